The van der Waals surface area contributed by atoms with Crippen LogP contribution in [0.15, 0.2) is 12.2 Å². The van der Waals surface area contributed by atoms with Gasteiger partial charge in [0.25, 0.3) is 0 Å². The van der Waals surface area contributed by atoms with Gasteiger partial charge in [-0.1, -0.05) is 12.2 Å². The summed E-state index contributed by atoms with van der Waals surface area (Å²) in [6.07, 6.45) is 7.67. The fraction of sp³-hybridized carbons (Fsp3) is 0.750. The number of unbranched alkanes of at least 4 members (excludes halogenated alkanes) is 2. The predicted molar refractivity (Wildman–Crippen MR) is 41.8 cm³/mol. The van der Waals surface area contributed by atoms with Gasteiger partial charge >= 0.3 is 0 Å². The summed E-state index contributed by atoms with van der Waals surface area (Å²) in [5.41, 5.74) is 0. The zero-order chi connectivity index (χ0) is 7.66. The van der Waals surface area contributed by atoms with E-state index < -0.39 is 0 Å². The van der Waals surface area contributed by atoms with Crippen molar-refractivity contribution in [2.24, 2.45) is 0 Å². The van der Waals surface area contributed by atoms with Gasteiger partial charge in [-0.3, -0.25) is 0 Å². The molecule has 0 radical (unpaired) electrons. The third-order valence-electron chi connectivity index (χ3n) is 1.22. The Kier molecular flexibility index (Phi) is 8.37. The van der Waals surface area contributed by atoms with E-state index in [4.69, 9.17) is 10.2 Å². The fourth-order valence-electron chi connectivity index (χ4n) is 0.654. The summed E-state index contributed by atoms with van der Waals surface area (Å²) in [4.78, 5) is 0. The molecule has 0 unspecified atom stereocenters. The Balaban J connectivity index is 2.89. The van der Waals surface area contributed by atoms with Crippen molar-refractivity contribution in [3.05, 3.63) is 12.2 Å². The third kappa shape index (κ3) is 7.66. The van der Waals surface area contributed by atoms with E-state index in [0.717, 1.165) is 25.7 Å². The van der Waals surface area contributed by atoms with Crippen LogP contribution in [0.5, 0.6) is 0 Å². The molecular formula is C8H16O2. The second-order valence-electron chi connectivity index (χ2n) is 2.20. The highest BCUT2D eigenvalue weighted by Crippen LogP contribution is 1.93. The van der Waals surface area contributed by atoms with Crippen LogP contribution in [0.2, 0.25) is 0 Å². The van der Waals surface area contributed by atoms with E-state index in [1.807, 2.05) is 12.2 Å². The molecule has 0 saturated heterocycles. The summed E-state index contributed by atoms with van der Waals surface area (Å²) in [6, 6.07) is 0. The Morgan fingerprint density at radius 2 is 1.20 bits per heavy atom. The number of rotatable bonds is 6. The van der Waals surface area contributed by atoms with E-state index in [1.165, 1.54) is 0 Å². The van der Waals surface area contributed by atoms with Crippen LogP contribution in [0.4, 0.5) is 0 Å². The Hall–Kier alpha value is -0.340. The van der Waals surface area contributed by atoms with Gasteiger partial charge in [0.05, 0.1) is 0 Å². The maximum Gasteiger partial charge on any atom is 0.0433 e. The van der Waals surface area contributed by atoms with Gasteiger partial charge in [0.15, 0.2) is 0 Å². The van der Waals surface area contributed by atoms with Crippen molar-refractivity contribution in [3.8, 4) is 0 Å². The Labute approximate surface area is 62.2 Å². The van der Waals surface area contributed by atoms with Gasteiger partial charge in [-0.25, -0.2) is 0 Å². The van der Waals surface area contributed by atoms with Crippen LogP contribution in [-0.4, -0.2) is 23.4 Å². The lowest BCUT2D eigenvalue weighted by molar-refractivity contribution is 0.288. The third-order valence-corrected chi connectivity index (χ3v) is 1.22. The lowest BCUT2D eigenvalue weighted by atomic mass is 10.2. The van der Waals surface area contributed by atoms with Crippen LogP contribution < -0.4 is 0 Å². The van der Waals surface area contributed by atoms with Crippen molar-refractivity contribution < 1.29 is 10.2 Å². The largest absolute Gasteiger partial charge is 0.396 e. The monoisotopic (exact) mass is 144 g/mol. The van der Waals surface area contributed by atoms with E-state index in [2.05, 4.69) is 0 Å². The summed E-state index contributed by atoms with van der Waals surface area (Å²) < 4.78 is 0. The molecule has 2 nitrogen and oxygen atoms in total. The predicted octanol–water partition coefficient (Wildman–Crippen LogP) is 1.09. The Morgan fingerprint density at radius 3 is 1.50 bits per heavy atom. The average molecular weight is 144 g/mol. The summed E-state index contributed by atoms with van der Waals surface area (Å²) in [5, 5.41) is 16.8. The number of aliphatic hydroxyl groups is 2. The van der Waals surface area contributed by atoms with E-state index in [0.29, 0.717) is 0 Å². The zero-order valence-corrected chi connectivity index (χ0v) is 6.29. The molecule has 60 valence electrons. The van der Waals surface area contributed by atoms with Gasteiger partial charge in [0.2, 0.25) is 0 Å². The molecule has 2 N–H and O–H groups in total. The number of allylic oxidation sites excluding steroid dienone is 2. The first-order chi connectivity index (χ1) is 4.91. The zero-order valence-electron chi connectivity index (χ0n) is 6.29. The highest BCUT2D eigenvalue weighted by atomic mass is 16.3. The molecule has 0 rings (SSSR count). The Bertz CT molecular complexity index is 69.3. The molecule has 2 heteroatoms. The minimum Gasteiger partial charge on any atom is -0.396 e. The maximum atomic E-state index is 8.40. The molecule has 0 aromatic carbocycles. The van der Waals surface area contributed by atoms with Crippen LogP contribution in [0, 0.1) is 0 Å². The molecule has 0 saturated carbocycles. The van der Waals surface area contributed by atoms with Gasteiger partial charge in [0.1, 0.15) is 0 Å². The lowest BCUT2D eigenvalue weighted by Crippen LogP contribution is -1.80. The second-order valence-corrected chi connectivity index (χ2v) is 2.20. The number of hydrogen-bond acceptors (Lipinski definition) is 2. The summed E-state index contributed by atoms with van der Waals surface area (Å²) in [6.45, 7) is 0.536. The van der Waals surface area contributed by atoms with Crippen molar-refractivity contribution in [1.29, 1.82) is 0 Å². The van der Waals surface area contributed by atoms with Crippen LogP contribution in [0.3, 0.4) is 0 Å². The molecule has 0 heterocycles. The van der Waals surface area contributed by atoms with Gasteiger partial charge in [-0.15, -0.1) is 0 Å². The molecular weight excluding hydrogens is 128 g/mol. The Morgan fingerprint density at radius 1 is 0.800 bits per heavy atom. The van der Waals surface area contributed by atoms with Gasteiger partial charge in [0, 0.05) is 13.2 Å². The van der Waals surface area contributed by atoms with Crippen molar-refractivity contribution in [1.82, 2.24) is 0 Å². The lowest BCUT2D eigenvalue weighted by Gasteiger charge is -1.89. The molecule has 0 aromatic heterocycles. The van der Waals surface area contributed by atoms with Gasteiger partial charge < -0.3 is 10.2 Å². The molecule has 10 heavy (non-hydrogen) atoms. The smallest absolute Gasteiger partial charge is 0.0433 e. The van der Waals surface area contributed by atoms with E-state index in [1.54, 1.807) is 0 Å². The summed E-state index contributed by atoms with van der Waals surface area (Å²) in [5.74, 6) is 0. The molecule has 0 aliphatic carbocycles. The number of aliphatic hydroxyl groups excluding tert-OH is 2. The topological polar surface area (TPSA) is 40.5 Å². The average Bonchev–Trinajstić information content (AvgIpc) is 1.97. The molecule has 0 aliphatic heterocycles. The minimum absolute atomic E-state index is 0.268. The molecule has 0 aromatic rings. The number of hydrogen-bond donors (Lipinski definition) is 2. The SMILES string of the molecule is OCCC/C=C/CCCO. The molecule has 0 aliphatic rings. The van der Waals surface area contributed by atoms with E-state index >= 15 is 0 Å². The first kappa shape index (κ1) is 9.66. The van der Waals surface area contributed by atoms with Crippen molar-refractivity contribution >= 4 is 0 Å². The molecule has 0 amide bonds. The second kappa shape index (κ2) is 8.66. The molecule has 0 fully saturated rings. The summed E-state index contributed by atoms with van der Waals surface area (Å²) >= 11 is 0. The van der Waals surface area contributed by atoms with Crippen molar-refractivity contribution in [2.45, 2.75) is 25.7 Å². The van der Waals surface area contributed by atoms with Crippen molar-refractivity contribution in [2.75, 3.05) is 13.2 Å². The standard InChI is InChI=1S/C8H16O2/c9-7-5-3-1-2-4-6-8-10/h1-2,9-10H,3-8H2/b2-1+. The quantitative estimate of drug-likeness (QED) is 0.432. The highest BCUT2D eigenvalue weighted by Gasteiger charge is 1.79. The fourth-order valence-corrected chi connectivity index (χ4v) is 0.654. The van der Waals surface area contributed by atoms with Crippen LogP contribution in [0.1, 0.15) is 25.7 Å². The van der Waals surface area contributed by atoms with Gasteiger partial charge in [-0.05, 0) is 25.7 Å². The first-order valence-electron chi connectivity index (χ1n) is 3.78. The summed E-state index contributed by atoms with van der Waals surface area (Å²) in [7, 11) is 0. The van der Waals surface area contributed by atoms with Crippen LogP contribution in [0.25, 0.3) is 0 Å². The molecule has 0 spiro atoms. The van der Waals surface area contributed by atoms with Crippen LogP contribution in [-0.2, 0) is 0 Å². The maximum absolute atomic E-state index is 8.40. The normalized spacial score (nSPS) is 11.0. The van der Waals surface area contributed by atoms with E-state index in [-0.39, 0.29) is 13.2 Å². The van der Waals surface area contributed by atoms with Crippen molar-refractivity contribution in [3.63, 3.8) is 0 Å². The molecule has 0 bridgehead atoms. The minimum atomic E-state index is 0.268. The first-order valence-corrected chi connectivity index (χ1v) is 3.78. The van der Waals surface area contributed by atoms with E-state index in [9.17, 15) is 0 Å². The highest BCUT2D eigenvalue weighted by molar-refractivity contribution is 4.80. The molecule has 0 atom stereocenters. The van der Waals surface area contributed by atoms with Gasteiger partial charge in [-0.2, -0.15) is 0 Å². The van der Waals surface area contributed by atoms with Crippen LogP contribution >= 0.6 is 0 Å².